The van der Waals surface area contributed by atoms with Crippen molar-refractivity contribution in [1.82, 2.24) is 4.90 Å². The van der Waals surface area contributed by atoms with Crippen LogP contribution in [-0.4, -0.2) is 35.6 Å². The van der Waals surface area contributed by atoms with Gasteiger partial charge in [0.05, 0.1) is 0 Å². The van der Waals surface area contributed by atoms with Crippen molar-refractivity contribution in [1.29, 1.82) is 0 Å². The van der Waals surface area contributed by atoms with E-state index in [2.05, 4.69) is 11.8 Å². The van der Waals surface area contributed by atoms with Crippen molar-refractivity contribution in [2.24, 2.45) is 5.92 Å². The zero-order valence-corrected chi connectivity index (χ0v) is 8.23. The first kappa shape index (κ1) is 10.3. The van der Waals surface area contributed by atoms with Crippen LogP contribution in [0.15, 0.2) is 12.2 Å². The molecule has 3 nitrogen and oxygen atoms in total. The molecule has 74 valence electrons. The van der Waals surface area contributed by atoms with E-state index in [0.717, 1.165) is 12.5 Å². The fourth-order valence-electron chi connectivity index (χ4n) is 1.42. The Morgan fingerprint density at radius 3 is 2.77 bits per heavy atom. The summed E-state index contributed by atoms with van der Waals surface area (Å²) in [6.45, 7) is 2.93. The van der Waals surface area contributed by atoms with Crippen molar-refractivity contribution in [2.45, 2.75) is 25.8 Å². The number of carboxylic acid groups (broad SMARTS) is 1. The molecule has 1 fully saturated rings. The molecule has 0 amide bonds. The summed E-state index contributed by atoms with van der Waals surface area (Å²) < 4.78 is 0. The highest BCUT2D eigenvalue weighted by atomic mass is 16.4. The molecule has 0 saturated heterocycles. The van der Waals surface area contributed by atoms with Gasteiger partial charge in [-0.3, -0.25) is 4.90 Å². The predicted octanol–water partition coefficient (Wildman–Crippen LogP) is 1.36. The molecule has 1 atom stereocenters. The van der Waals surface area contributed by atoms with Crippen molar-refractivity contribution in [3.63, 3.8) is 0 Å². The minimum Gasteiger partial charge on any atom is -0.478 e. The molecule has 0 bridgehead atoms. The molecule has 1 rings (SSSR count). The van der Waals surface area contributed by atoms with Crippen molar-refractivity contribution >= 4 is 5.97 Å². The molecule has 0 spiro atoms. The second-order valence-corrected chi connectivity index (χ2v) is 3.76. The summed E-state index contributed by atoms with van der Waals surface area (Å²) in [6, 6.07) is 0.582. The molecular weight excluding hydrogens is 166 g/mol. The van der Waals surface area contributed by atoms with Crippen LogP contribution in [-0.2, 0) is 4.79 Å². The van der Waals surface area contributed by atoms with Crippen molar-refractivity contribution in [3.8, 4) is 0 Å². The molecule has 0 heterocycles. The number of likely N-dealkylation sites (N-methyl/N-ethyl adjacent to an activating group) is 1. The smallest absolute Gasteiger partial charge is 0.328 e. The van der Waals surface area contributed by atoms with Gasteiger partial charge in [-0.1, -0.05) is 6.08 Å². The van der Waals surface area contributed by atoms with Crippen LogP contribution in [0.3, 0.4) is 0 Å². The molecule has 3 heteroatoms. The summed E-state index contributed by atoms with van der Waals surface area (Å²) in [5, 5.41) is 8.38. The van der Waals surface area contributed by atoms with Crippen LogP contribution in [0.2, 0.25) is 0 Å². The quantitative estimate of drug-likeness (QED) is 0.654. The van der Waals surface area contributed by atoms with Crippen LogP contribution in [0.25, 0.3) is 0 Å². The fourth-order valence-corrected chi connectivity index (χ4v) is 1.42. The molecule has 0 aromatic rings. The van der Waals surface area contributed by atoms with E-state index in [9.17, 15) is 4.79 Å². The van der Waals surface area contributed by atoms with Gasteiger partial charge in [-0.25, -0.2) is 4.79 Å². The van der Waals surface area contributed by atoms with Gasteiger partial charge in [-0.05, 0) is 32.7 Å². The highest BCUT2D eigenvalue weighted by Gasteiger charge is 2.29. The van der Waals surface area contributed by atoms with Gasteiger partial charge in [-0.2, -0.15) is 0 Å². The second-order valence-electron chi connectivity index (χ2n) is 3.76. The Labute approximate surface area is 79.0 Å². The molecule has 1 aliphatic rings. The maximum atomic E-state index is 10.2. The molecule has 1 aliphatic carbocycles. The SMILES string of the molecule is CC(C1CC1)N(C)C/C=C/C(=O)O. The number of hydrogen-bond donors (Lipinski definition) is 1. The summed E-state index contributed by atoms with van der Waals surface area (Å²) in [4.78, 5) is 12.4. The molecule has 0 radical (unpaired) electrons. The summed E-state index contributed by atoms with van der Waals surface area (Å²) in [6.07, 6.45) is 5.56. The van der Waals surface area contributed by atoms with Crippen LogP contribution in [0.5, 0.6) is 0 Å². The lowest BCUT2D eigenvalue weighted by molar-refractivity contribution is -0.131. The summed E-state index contributed by atoms with van der Waals surface area (Å²) >= 11 is 0. The van der Waals surface area contributed by atoms with Crippen LogP contribution in [0, 0.1) is 5.92 Å². The van der Waals surface area contributed by atoms with Gasteiger partial charge in [0.2, 0.25) is 0 Å². The van der Waals surface area contributed by atoms with Crippen LogP contribution in [0.1, 0.15) is 19.8 Å². The lowest BCUT2D eigenvalue weighted by atomic mass is 10.2. The number of hydrogen-bond acceptors (Lipinski definition) is 2. The standard InChI is InChI=1S/C10H17NO2/c1-8(9-5-6-9)11(2)7-3-4-10(12)13/h3-4,8-9H,5-7H2,1-2H3,(H,12,13)/b4-3+. The summed E-state index contributed by atoms with van der Waals surface area (Å²) in [5.74, 6) is -0.0318. The zero-order chi connectivity index (χ0) is 9.84. The van der Waals surface area contributed by atoms with Crippen molar-refractivity contribution < 1.29 is 9.90 Å². The maximum Gasteiger partial charge on any atom is 0.328 e. The summed E-state index contributed by atoms with van der Waals surface area (Å²) in [5.41, 5.74) is 0. The van der Waals surface area contributed by atoms with Gasteiger partial charge in [0.1, 0.15) is 0 Å². The van der Waals surface area contributed by atoms with E-state index in [0.29, 0.717) is 6.04 Å². The van der Waals surface area contributed by atoms with Gasteiger partial charge in [-0.15, -0.1) is 0 Å². The van der Waals surface area contributed by atoms with E-state index < -0.39 is 5.97 Å². The minimum absolute atomic E-state index is 0.582. The van der Waals surface area contributed by atoms with Crippen LogP contribution >= 0.6 is 0 Å². The predicted molar refractivity (Wildman–Crippen MR) is 51.6 cm³/mol. The highest BCUT2D eigenvalue weighted by Crippen LogP contribution is 2.34. The molecule has 1 saturated carbocycles. The number of carbonyl (C=O) groups is 1. The number of carboxylic acids is 1. The van der Waals surface area contributed by atoms with Crippen molar-refractivity contribution in [2.75, 3.05) is 13.6 Å². The first-order chi connectivity index (χ1) is 6.11. The fraction of sp³-hybridized carbons (Fsp3) is 0.700. The molecule has 0 aliphatic heterocycles. The third-order valence-electron chi connectivity index (χ3n) is 2.65. The average Bonchev–Trinajstić information content (AvgIpc) is 2.84. The van der Waals surface area contributed by atoms with E-state index in [-0.39, 0.29) is 0 Å². The molecule has 13 heavy (non-hydrogen) atoms. The topological polar surface area (TPSA) is 40.5 Å². The number of rotatable bonds is 5. The molecular formula is C10H17NO2. The largest absolute Gasteiger partial charge is 0.478 e. The van der Waals surface area contributed by atoms with E-state index >= 15 is 0 Å². The van der Waals surface area contributed by atoms with E-state index in [1.54, 1.807) is 6.08 Å². The molecule has 0 aromatic carbocycles. The van der Waals surface area contributed by atoms with Gasteiger partial charge >= 0.3 is 5.97 Å². The Bertz CT molecular complexity index is 209. The minimum atomic E-state index is -0.868. The van der Waals surface area contributed by atoms with Crippen LogP contribution in [0.4, 0.5) is 0 Å². The Balaban J connectivity index is 2.23. The Morgan fingerprint density at radius 1 is 1.69 bits per heavy atom. The number of aliphatic carboxylic acids is 1. The Hall–Kier alpha value is -0.830. The maximum absolute atomic E-state index is 10.2. The van der Waals surface area contributed by atoms with Gasteiger partial charge in [0.15, 0.2) is 0 Å². The van der Waals surface area contributed by atoms with Crippen LogP contribution < -0.4 is 0 Å². The Morgan fingerprint density at radius 2 is 2.31 bits per heavy atom. The van der Waals surface area contributed by atoms with E-state index in [4.69, 9.17) is 5.11 Å². The number of nitrogens with zero attached hydrogens (tertiary/aromatic N) is 1. The van der Waals surface area contributed by atoms with Gasteiger partial charge in [0, 0.05) is 18.7 Å². The average molecular weight is 183 g/mol. The first-order valence-corrected chi connectivity index (χ1v) is 4.71. The summed E-state index contributed by atoms with van der Waals surface area (Å²) in [7, 11) is 2.04. The van der Waals surface area contributed by atoms with Gasteiger partial charge < -0.3 is 5.11 Å². The third kappa shape index (κ3) is 3.59. The second kappa shape index (κ2) is 4.42. The zero-order valence-electron chi connectivity index (χ0n) is 8.23. The highest BCUT2D eigenvalue weighted by molar-refractivity contribution is 5.79. The van der Waals surface area contributed by atoms with Gasteiger partial charge in [0.25, 0.3) is 0 Å². The first-order valence-electron chi connectivity index (χ1n) is 4.71. The van der Waals surface area contributed by atoms with E-state index in [1.165, 1.54) is 18.9 Å². The van der Waals surface area contributed by atoms with Crippen molar-refractivity contribution in [3.05, 3.63) is 12.2 Å². The molecule has 1 unspecified atom stereocenters. The monoisotopic (exact) mass is 183 g/mol. The molecule has 1 N–H and O–H groups in total. The molecule has 0 aromatic heterocycles. The lowest BCUT2D eigenvalue weighted by Gasteiger charge is -2.22. The normalized spacial score (nSPS) is 19.6. The Kier molecular flexibility index (Phi) is 3.48. The lowest BCUT2D eigenvalue weighted by Crippen LogP contribution is -2.30. The van der Waals surface area contributed by atoms with E-state index in [1.807, 2.05) is 7.05 Å². The third-order valence-corrected chi connectivity index (χ3v) is 2.65.